The molecule has 0 saturated heterocycles. The molecule has 7 rings (SSSR count). The van der Waals surface area contributed by atoms with E-state index in [1.807, 2.05) is 0 Å². The van der Waals surface area contributed by atoms with Gasteiger partial charge in [-0.2, -0.15) is 0 Å². The molecule has 0 spiro atoms. The van der Waals surface area contributed by atoms with E-state index in [-0.39, 0.29) is 13.4 Å². The first kappa shape index (κ1) is 39.7. The molecule has 0 aliphatic carbocycles. The van der Waals surface area contributed by atoms with Crippen LogP contribution in [0.15, 0.2) is 127 Å². The van der Waals surface area contributed by atoms with Gasteiger partial charge in [0, 0.05) is 17.1 Å². The van der Waals surface area contributed by atoms with Crippen LogP contribution in [0.25, 0.3) is 0 Å². The summed E-state index contributed by atoms with van der Waals surface area (Å²) in [6, 6.07) is 48.3. The molecule has 284 valence electrons. The Kier molecular flexibility index (Phi) is 11.2. The largest absolute Gasteiger partial charge is 0.311 e. The fourth-order valence-corrected chi connectivity index (χ4v) is 10.2. The van der Waals surface area contributed by atoms with Crippen LogP contribution in [0.3, 0.4) is 0 Å². The standard InChI is InChI=1S/C54H57B2N/c1-34-26-38(5)51(39(6)27-34)55(52-40(7)28-35(2)29-41(52)8)46-18-22-49(23-19-46)57(48-16-14-13-15-17-48)50-24-20-47(21-25-50)56(53-42(9)30-36(3)31-43(53)10)54-44(11)32-37(4)33-45(54)12/h13-33H,1-12H3. The molecule has 0 fully saturated rings. The van der Waals surface area contributed by atoms with Gasteiger partial charge in [0.15, 0.2) is 0 Å². The predicted molar refractivity (Wildman–Crippen MR) is 253 cm³/mol. The van der Waals surface area contributed by atoms with Crippen LogP contribution in [0.1, 0.15) is 66.8 Å². The molecule has 0 atom stereocenters. The van der Waals surface area contributed by atoms with Crippen LogP contribution >= 0.6 is 0 Å². The van der Waals surface area contributed by atoms with Gasteiger partial charge in [0.25, 0.3) is 0 Å². The van der Waals surface area contributed by atoms with E-state index in [4.69, 9.17) is 0 Å². The molecular weight excluding hydrogens is 684 g/mol. The van der Waals surface area contributed by atoms with Crippen molar-refractivity contribution in [2.24, 2.45) is 0 Å². The highest BCUT2D eigenvalue weighted by molar-refractivity contribution is 6.97. The molecule has 0 amide bonds. The summed E-state index contributed by atoms with van der Waals surface area (Å²) in [6.07, 6.45) is 0. The summed E-state index contributed by atoms with van der Waals surface area (Å²) < 4.78 is 0. The first-order chi connectivity index (χ1) is 27.2. The lowest BCUT2D eigenvalue weighted by Crippen LogP contribution is -2.55. The van der Waals surface area contributed by atoms with Crippen molar-refractivity contribution in [2.45, 2.75) is 83.1 Å². The number of para-hydroxylation sites is 1. The molecule has 0 aliphatic rings. The van der Waals surface area contributed by atoms with Gasteiger partial charge in [0.05, 0.1) is 0 Å². The third kappa shape index (κ3) is 7.91. The number of nitrogens with zero attached hydrogens (tertiary/aromatic N) is 1. The summed E-state index contributed by atoms with van der Waals surface area (Å²) in [5.74, 6) is 0. The van der Waals surface area contributed by atoms with E-state index in [1.165, 1.54) is 99.5 Å². The smallest absolute Gasteiger partial charge is 0.242 e. The highest BCUT2D eigenvalue weighted by atomic mass is 15.1. The minimum absolute atomic E-state index is 0.129. The molecule has 0 aromatic heterocycles. The molecular formula is C54H57B2N. The molecule has 0 unspecified atom stereocenters. The van der Waals surface area contributed by atoms with Crippen LogP contribution in [0, 0.1) is 83.1 Å². The average Bonchev–Trinajstić information content (AvgIpc) is 3.13. The molecule has 0 N–H and O–H groups in total. The molecule has 3 heteroatoms. The van der Waals surface area contributed by atoms with E-state index >= 15 is 0 Å². The van der Waals surface area contributed by atoms with E-state index in [9.17, 15) is 0 Å². The number of benzene rings is 7. The van der Waals surface area contributed by atoms with Crippen molar-refractivity contribution in [2.75, 3.05) is 4.90 Å². The summed E-state index contributed by atoms with van der Waals surface area (Å²) in [5, 5.41) is 0. The average molecular weight is 742 g/mol. The van der Waals surface area contributed by atoms with Gasteiger partial charge in [-0.05, 0) is 119 Å². The Morgan fingerprint density at radius 2 is 0.509 bits per heavy atom. The highest BCUT2D eigenvalue weighted by Crippen LogP contribution is 2.33. The number of anilines is 3. The van der Waals surface area contributed by atoms with Crippen molar-refractivity contribution in [3.63, 3.8) is 0 Å². The number of hydrogen-bond donors (Lipinski definition) is 0. The second-order valence-corrected chi connectivity index (χ2v) is 17.0. The minimum Gasteiger partial charge on any atom is -0.311 e. The summed E-state index contributed by atoms with van der Waals surface area (Å²) in [7, 11) is 0. The Labute approximate surface area is 344 Å². The Balaban J connectivity index is 1.35. The molecule has 0 aliphatic heterocycles. The quantitative estimate of drug-likeness (QED) is 0.133. The fourth-order valence-electron chi connectivity index (χ4n) is 10.2. The van der Waals surface area contributed by atoms with E-state index in [0.29, 0.717) is 0 Å². The predicted octanol–water partition coefficient (Wildman–Crippen LogP) is 9.89. The van der Waals surface area contributed by atoms with Gasteiger partial charge in [0.1, 0.15) is 0 Å². The maximum Gasteiger partial charge on any atom is 0.242 e. The van der Waals surface area contributed by atoms with Crippen LogP contribution in [-0.2, 0) is 0 Å². The lowest BCUT2D eigenvalue weighted by molar-refractivity contribution is 1.29. The Morgan fingerprint density at radius 3 is 0.754 bits per heavy atom. The molecule has 0 saturated carbocycles. The summed E-state index contributed by atoms with van der Waals surface area (Å²) in [4.78, 5) is 2.40. The summed E-state index contributed by atoms with van der Waals surface area (Å²) in [5.41, 5.74) is 27.7. The highest BCUT2D eigenvalue weighted by Gasteiger charge is 2.30. The second kappa shape index (κ2) is 16.1. The number of hydrogen-bond acceptors (Lipinski definition) is 1. The van der Waals surface area contributed by atoms with E-state index in [2.05, 4.69) is 215 Å². The molecule has 7 aromatic carbocycles. The zero-order chi connectivity index (χ0) is 40.7. The van der Waals surface area contributed by atoms with Crippen molar-refractivity contribution >= 4 is 63.3 Å². The lowest BCUT2D eigenvalue weighted by atomic mass is 9.34. The normalized spacial score (nSPS) is 11.2. The Morgan fingerprint density at radius 1 is 0.281 bits per heavy atom. The second-order valence-electron chi connectivity index (χ2n) is 17.0. The fraction of sp³-hybridized carbons (Fsp3) is 0.222. The molecule has 0 radical (unpaired) electrons. The van der Waals surface area contributed by atoms with Crippen LogP contribution in [-0.4, -0.2) is 13.4 Å². The van der Waals surface area contributed by atoms with Gasteiger partial charge in [-0.15, -0.1) is 0 Å². The van der Waals surface area contributed by atoms with Crippen LogP contribution in [0.2, 0.25) is 0 Å². The zero-order valence-electron chi connectivity index (χ0n) is 36.2. The number of aryl methyl sites for hydroxylation is 12. The van der Waals surface area contributed by atoms with E-state index < -0.39 is 0 Å². The van der Waals surface area contributed by atoms with Crippen LogP contribution < -0.4 is 37.7 Å². The third-order valence-corrected chi connectivity index (χ3v) is 12.1. The van der Waals surface area contributed by atoms with Crippen LogP contribution in [0.5, 0.6) is 0 Å². The van der Waals surface area contributed by atoms with Gasteiger partial charge in [-0.25, -0.2) is 0 Å². The molecule has 0 bridgehead atoms. The molecule has 7 aromatic rings. The van der Waals surface area contributed by atoms with Crippen molar-refractivity contribution in [1.82, 2.24) is 0 Å². The first-order valence-corrected chi connectivity index (χ1v) is 20.6. The van der Waals surface area contributed by atoms with E-state index in [0.717, 1.165) is 17.1 Å². The van der Waals surface area contributed by atoms with Crippen molar-refractivity contribution in [3.05, 3.63) is 194 Å². The Hall–Kier alpha value is -5.53. The molecule has 57 heavy (non-hydrogen) atoms. The van der Waals surface area contributed by atoms with Gasteiger partial charge in [0.2, 0.25) is 13.4 Å². The van der Waals surface area contributed by atoms with Gasteiger partial charge >= 0.3 is 0 Å². The van der Waals surface area contributed by atoms with Gasteiger partial charge in [-0.1, -0.05) is 191 Å². The maximum atomic E-state index is 2.40. The number of rotatable bonds is 9. The first-order valence-electron chi connectivity index (χ1n) is 20.6. The maximum absolute atomic E-state index is 2.40. The Bertz CT molecular complexity index is 2210. The minimum atomic E-state index is 0.129. The monoisotopic (exact) mass is 741 g/mol. The lowest BCUT2D eigenvalue weighted by Gasteiger charge is -2.28. The van der Waals surface area contributed by atoms with E-state index in [1.54, 1.807) is 0 Å². The van der Waals surface area contributed by atoms with Gasteiger partial charge in [-0.3, -0.25) is 0 Å². The molecule has 0 heterocycles. The SMILES string of the molecule is Cc1cc(C)c(B(c2ccc(N(c3ccccc3)c3ccc(B(c4c(C)cc(C)cc4C)c4c(C)cc(C)cc4C)cc3)cc2)c2c(C)cc(C)cc2C)c(C)c1. The summed E-state index contributed by atoms with van der Waals surface area (Å²) >= 11 is 0. The summed E-state index contributed by atoms with van der Waals surface area (Å²) in [6.45, 7) is 27.3. The van der Waals surface area contributed by atoms with Crippen LogP contribution in [0.4, 0.5) is 17.1 Å². The van der Waals surface area contributed by atoms with Crippen molar-refractivity contribution in [1.29, 1.82) is 0 Å². The third-order valence-electron chi connectivity index (χ3n) is 12.1. The van der Waals surface area contributed by atoms with Crippen molar-refractivity contribution < 1.29 is 0 Å². The van der Waals surface area contributed by atoms with Crippen molar-refractivity contribution in [3.8, 4) is 0 Å². The topological polar surface area (TPSA) is 3.24 Å². The zero-order valence-corrected chi connectivity index (χ0v) is 36.2. The van der Waals surface area contributed by atoms with Gasteiger partial charge < -0.3 is 4.90 Å². The molecule has 1 nitrogen and oxygen atoms in total.